The van der Waals surface area contributed by atoms with E-state index in [1.54, 1.807) is 7.11 Å². The van der Waals surface area contributed by atoms with Gasteiger partial charge in [-0.05, 0) is 37.6 Å². The third-order valence-corrected chi connectivity index (χ3v) is 4.08. The van der Waals surface area contributed by atoms with Crippen molar-refractivity contribution < 1.29 is 4.74 Å². The Hall–Kier alpha value is -1.33. The minimum Gasteiger partial charge on any atom is -0.497 e. The molecule has 4 nitrogen and oxygen atoms in total. The maximum atomic E-state index is 5.75. The number of nitrogens with two attached hydrogens (primary N) is 1. The summed E-state index contributed by atoms with van der Waals surface area (Å²) in [6.07, 6.45) is 0. The highest BCUT2D eigenvalue weighted by molar-refractivity contribution is 9.10. The van der Waals surface area contributed by atoms with E-state index in [1.807, 2.05) is 29.8 Å². The first kappa shape index (κ1) is 14.1. The smallest absolute Gasteiger partial charge is 0.119 e. The van der Waals surface area contributed by atoms with Crippen molar-refractivity contribution in [2.45, 2.75) is 26.9 Å². The van der Waals surface area contributed by atoms with Gasteiger partial charge in [-0.15, -0.1) is 0 Å². The summed E-state index contributed by atoms with van der Waals surface area (Å²) in [5.74, 6) is 0.846. The van der Waals surface area contributed by atoms with E-state index >= 15 is 0 Å². The molecule has 2 N–H and O–H groups in total. The second-order valence-corrected chi connectivity index (χ2v) is 5.32. The normalized spacial score (nSPS) is 10.8. The first-order valence-electron chi connectivity index (χ1n) is 6.12. The molecule has 5 heteroatoms. The summed E-state index contributed by atoms with van der Waals surface area (Å²) in [7, 11) is 1.67. The van der Waals surface area contributed by atoms with Gasteiger partial charge in [0, 0.05) is 22.3 Å². The fourth-order valence-corrected chi connectivity index (χ4v) is 2.52. The predicted molar refractivity (Wildman–Crippen MR) is 79.4 cm³/mol. The Bertz CT molecular complexity index is 593. The van der Waals surface area contributed by atoms with Crippen molar-refractivity contribution in [3.05, 3.63) is 45.2 Å². The average molecular weight is 324 g/mol. The molecular formula is C14H18BrN3O. The fraction of sp³-hybridized carbons (Fsp3) is 0.357. The van der Waals surface area contributed by atoms with Crippen LogP contribution in [0.2, 0.25) is 0 Å². The lowest BCUT2D eigenvalue weighted by Crippen LogP contribution is -2.06. The Labute approximate surface area is 121 Å². The molecule has 0 saturated heterocycles. The van der Waals surface area contributed by atoms with Gasteiger partial charge in [-0.1, -0.05) is 15.9 Å². The van der Waals surface area contributed by atoms with Crippen LogP contribution in [0, 0.1) is 13.8 Å². The van der Waals surface area contributed by atoms with Gasteiger partial charge in [0.15, 0.2) is 0 Å². The highest BCUT2D eigenvalue weighted by Gasteiger charge is 2.11. The number of methoxy groups -OCH3 is 1. The monoisotopic (exact) mass is 323 g/mol. The van der Waals surface area contributed by atoms with Crippen LogP contribution in [0.1, 0.15) is 22.5 Å². The van der Waals surface area contributed by atoms with Crippen molar-refractivity contribution in [1.82, 2.24) is 9.78 Å². The summed E-state index contributed by atoms with van der Waals surface area (Å²) < 4.78 is 8.29. The minimum atomic E-state index is 0.525. The van der Waals surface area contributed by atoms with Crippen molar-refractivity contribution in [3.8, 4) is 5.75 Å². The highest BCUT2D eigenvalue weighted by Crippen LogP contribution is 2.24. The molecule has 0 aliphatic rings. The maximum Gasteiger partial charge on any atom is 0.119 e. The Kier molecular flexibility index (Phi) is 4.27. The molecule has 102 valence electrons. The summed E-state index contributed by atoms with van der Waals surface area (Å²) in [6, 6.07) is 5.94. The van der Waals surface area contributed by atoms with Crippen LogP contribution in [0.25, 0.3) is 0 Å². The van der Waals surface area contributed by atoms with Crippen molar-refractivity contribution in [2.24, 2.45) is 5.73 Å². The molecular weight excluding hydrogens is 306 g/mol. The van der Waals surface area contributed by atoms with Gasteiger partial charge in [0.25, 0.3) is 0 Å². The van der Waals surface area contributed by atoms with Crippen LogP contribution in [-0.4, -0.2) is 16.9 Å². The average Bonchev–Trinajstić information content (AvgIpc) is 2.66. The van der Waals surface area contributed by atoms with E-state index in [-0.39, 0.29) is 0 Å². The van der Waals surface area contributed by atoms with Gasteiger partial charge < -0.3 is 10.5 Å². The van der Waals surface area contributed by atoms with E-state index in [9.17, 15) is 0 Å². The molecule has 2 rings (SSSR count). The number of halogens is 1. The lowest BCUT2D eigenvalue weighted by atomic mass is 10.2. The van der Waals surface area contributed by atoms with Gasteiger partial charge in [0.2, 0.25) is 0 Å². The number of benzene rings is 1. The first-order chi connectivity index (χ1) is 9.06. The zero-order chi connectivity index (χ0) is 14.0. The maximum absolute atomic E-state index is 5.75. The van der Waals surface area contributed by atoms with Crippen LogP contribution in [0.15, 0.2) is 22.7 Å². The number of hydrogen-bond donors (Lipinski definition) is 1. The van der Waals surface area contributed by atoms with E-state index in [0.29, 0.717) is 13.1 Å². The lowest BCUT2D eigenvalue weighted by molar-refractivity contribution is 0.414. The van der Waals surface area contributed by atoms with Crippen LogP contribution in [0.3, 0.4) is 0 Å². The Morgan fingerprint density at radius 3 is 2.68 bits per heavy atom. The SMILES string of the molecule is COc1ccc(Br)c(Cn2nc(C)c(CN)c2C)c1. The Balaban J connectivity index is 2.36. The Morgan fingerprint density at radius 1 is 1.37 bits per heavy atom. The van der Waals surface area contributed by atoms with Crippen molar-refractivity contribution in [3.63, 3.8) is 0 Å². The standard InChI is InChI=1S/C14H18BrN3O/c1-9-13(7-16)10(2)18(17-9)8-11-6-12(19-3)4-5-14(11)15/h4-6H,7-8,16H2,1-3H3. The quantitative estimate of drug-likeness (QED) is 0.941. The second-order valence-electron chi connectivity index (χ2n) is 4.47. The van der Waals surface area contributed by atoms with Crippen LogP contribution < -0.4 is 10.5 Å². The number of aryl methyl sites for hydroxylation is 1. The zero-order valence-corrected chi connectivity index (χ0v) is 13.0. The summed E-state index contributed by atoms with van der Waals surface area (Å²) in [5, 5.41) is 4.55. The largest absolute Gasteiger partial charge is 0.497 e. The molecule has 0 fully saturated rings. The summed E-state index contributed by atoms with van der Waals surface area (Å²) in [4.78, 5) is 0. The predicted octanol–water partition coefficient (Wildman–Crippen LogP) is 2.78. The molecule has 0 atom stereocenters. The fourth-order valence-electron chi connectivity index (χ4n) is 2.14. The molecule has 19 heavy (non-hydrogen) atoms. The van der Waals surface area contributed by atoms with Crippen molar-refractivity contribution in [2.75, 3.05) is 7.11 Å². The Morgan fingerprint density at radius 2 is 2.11 bits per heavy atom. The van der Waals surface area contributed by atoms with E-state index in [4.69, 9.17) is 10.5 Å². The summed E-state index contributed by atoms with van der Waals surface area (Å²) in [5.41, 5.74) is 10.1. The van der Waals surface area contributed by atoms with Gasteiger partial charge in [-0.3, -0.25) is 4.68 Å². The molecule has 2 aromatic rings. The molecule has 0 aliphatic heterocycles. The van der Waals surface area contributed by atoms with Crippen molar-refractivity contribution in [1.29, 1.82) is 0 Å². The third-order valence-electron chi connectivity index (χ3n) is 3.31. The molecule has 1 aromatic heterocycles. The molecule has 0 radical (unpaired) electrons. The highest BCUT2D eigenvalue weighted by atomic mass is 79.9. The second kappa shape index (κ2) is 5.75. The number of hydrogen-bond acceptors (Lipinski definition) is 3. The van der Waals surface area contributed by atoms with E-state index < -0.39 is 0 Å². The zero-order valence-electron chi connectivity index (χ0n) is 11.4. The van der Waals surface area contributed by atoms with Gasteiger partial charge in [-0.2, -0.15) is 5.10 Å². The van der Waals surface area contributed by atoms with Crippen LogP contribution in [0.5, 0.6) is 5.75 Å². The van der Waals surface area contributed by atoms with E-state index in [0.717, 1.165) is 32.7 Å². The van der Waals surface area contributed by atoms with Gasteiger partial charge in [-0.25, -0.2) is 0 Å². The summed E-state index contributed by atoms with van der Waals surface area (Å²) >= 11 is 3.56. The molecule has 0 saturated carbocycles. The molecule has 1 heterocycles. The molecule has 0 amide bonds. The number of rotatable bonds is 4. The van der Waals surface area contributed by atoms with E-state index in [1.165, 1.54) is 0 Å². The van der Waals surface area contributed by atoms with Gasteiger partial charge in [0.05, 0.1) is 19.3 Å². The molecule has 0 aliphatic carbocycles. The molecule has 0 bridgehead atoms. The van der Waals surface area contributed by atoms with Crippen LogP contribution in [-0.2, 0) is 13.1 Å². The van der Waals surface area contributed by atoms with Crippen LogP contribution in [0.4, 0.5) is 0 Å². The topological polar surface area (TPSA) is 53.1 Å². The summed E-state index contributed by atoms with van der Waals surface area (Å²) in [6.45, 7) is 5.27. The minimum absolute atomic E-state index is 0.525. The number of nitrogens with zero attached hydrogens (tertiary/aromatic N) is 2. The molecule has 1 aromatic carbocycles. The molecule has 0 spiro atoms. The molecule has 0 unspecified atom stereocenters. The number of ether oxygens (including phenoxy) is 1. The van der Waals surface area contributed by atoms with E-state index in [2.05, 4.69) is 28.0 Å². The third kappa shape index (κ3) is 2.82. The first-order valence-corrected chi connectivity index (χ1v) is 6.91. The van der Waals surface area contributed by atoms with Crippen LogP contribution >= 0.6 is 15.9 Å². The van der Waals surface area contributed by atoms with Gasteiger partial charge >= 0.3 is 0 Å². The van der Waals surface area contributed by atoms with Gasteiger partial charge in [0.1, 0.15) is 5.75 Å². The number of aromatic nitrogens is 2. The van der Waals surface area contributed by atoms with Crippen molar-refractivity contribution >= 4 is 15.9 Å². The lowest BCUT2D eigenvalue weighted by Gasteiger charge is -2.09.